The molecule has 0 radical (unpaired) electrons. The molecule has 0 aliphatic heterocycles. The highest BCUT2D eigenvalue weighted by atomic mass is 16.5. The Kier molecular flexibility index (Phi) is 6.13. The van der Waals surface area contributed by atoms with Crippen molar-refractivity contribution in [3.8, 4) is 11.5 Å². The van der Waals surface area contributed by atoms with Crippen molar-refractivity contribution in [2.24, 2.45) is 0 Å². The van der Waals surface area contributed by atoms with E-state index in [9.17, 15) is 4.79 Å². The highest BCUT2D eigenvalue weighted by Crippen LogP contribution is 2.28. The van der Waals surface area contributed by atoms with E-state index in [2.05, 4.69) is 20.6 Å². The van der Waals surface area contributed by atoms with E-state index < -0.39 is 0 Å². The van der Waals surface area contributed by atoms with E-state index in [1.54, 1.807) is 16.8 Å². The van der Waals surface area contributed by atoms with Crippen LogP contribution < -0.4 is 10.1 Å². The van der Waals surface area contributed by atoms with Crippen molar-refractivity contribution in [1.82, 2.24) is 20.0 Å². The third-order valence-corrected chi connectivity index (χ3v) is 5.56. The van der Waals surface area contributed by atoms with E-state index in [1.807, 2.05) is 92.7 Å². The number of rotatable bonds is 7. The average Bonchev–Trinajstić information content (AvgIpc) is 3.46. The summed E-state index contributed by atoms with van der Waals surface area (Å²) >= 11 is 0. The molecule has 0 fully saturated rings. The lowest BCUT2D eigenvalue weighted by Gasteiger charge is -2.10. The fraction of sp³-hybridized carbons (Fsp3) is 0.107. The van der Waals surface area contributed by atoms with Gasteiger partial charge in [-0.2, -0.15) is 10.2 Å². The van der Waals surface area contributed by atoms with Crippen molar-refractivity contribution in [3.05, 3.63) is 102 Å². The molecule has 2 heterocycles. The van der Waals surface area contributed by atoms with Gasteiger partial charge in [-0.15, -0.1) is 0 Å². The van der Waals surface area contributed by atoms with Gasteiger partial charge in [-0.05, 0) is 55.8 Å². The number of benzene rings is 3. The minimum atomic E-state index is -0.209. The molecule has 5 aromatic rings. The first-order chi connectivity index (χ1) is 17.1. The average molecular weight is 464 g/mol. The highest BCUT2D eigenvalue weighted by molar-refractivity contribution is 6.03. The molecule has 2 aromatic heterocycles. The zero-order valence-corrected chi connectivity index (χ0v) is 19.5. The molecule has 0 saturated heterocycles. The van der Waals surface area contributed by atoms with Gasteiger partial charge in [0.25, 0.3) is 5.91 Å². The third kappa shape index (κ3) is 4.99. The van der Waals surface area contributed by atoms with Gasteiger partial charge in [0.2, 0.25) is 0 Å². The maximum Gasteiger partial charge on any atom is 0.273 e. The van der Waals surface area contributed by atoms with Gasteiger partial charge in [-0.25, -0.2) is 0 Å². The van der Waals surface area contributed by atoms with Crippen LogP contribution >= 0.6 is 0 Å². The minimum absolute atomic E-state index is 0.209. The number of carbonyl (C=O) groups is 1. The number of anilines is 1. The van der Waals surface area contributed by atoms with Crippen LogP contribution in [0.15, 0.2) is 78.9 Å². The number of hydrogen-bond donors (Lipinski definition) is 2. The second kappa shape index (κ2) is 9.69. The number of carbonyl (C=O) groups excluding carboxylic acids is 1. The quantitative estimate of drug-likeness (QED) is 0.296. The standard InChI is InChI=1S/C28H25N5O2/c1-3-33-27(16-19(2)32-33)28(34)29-21-10-7-11-22(17-21)35-23-13-14-24-25(30-31-26(24)18-23)15-12-20-8-5-4-6-9-20/h4-18H,3H2,1-2H3,(H,29,34)(H,30,31)/b15-12+. The molecule has 0 aliphatic carbocycles. The van der Waals surface area contributed by atoms with Crippen molar-refractivity contribution in [3.63, 3.8) is 0 Å². The summed E-state index contributed by atoms with van der Waals surface area (Å²) in [4.78, 5) is 12.7. The molecule has 0 aliphatic rings. The number of aryl methyl sites for hydroxylation is 2. The molecule has 0 bridgehead atoms. The van der Waals surface area contributed by atoms with Gasteiger partial charge in [0.1, 0.15) is 17.2 Å². The Morgan fingerprint density at radius 3 is 2.66 bits per heavy atom. The van der Waals surface area contributed by atoms with Crippen LogP contribution in [0.1, 0.15) is 34.4 Å². The molecule has 0 atom stereocenters. The number of ether oxygens (including phenoxy) is 1. The molecule has 0 saturated carbocycles. The first-order valence-electron chi connectivity index (χ1n) is 11.4. The van der Waals surface area contributed by atoms with E-state index in [4.69, 9.17) is 4.74 Å². The molecule has 1 amide bonds. The number of nitrogens with one attached hydrogen (secondary N) is 2. The van der Waals surface area contributed by atoms with Crippen LogP contribution in [-0.2, 0) is 6.54 Å². The molecule has 35 heavy (non-hydrogen) atoms. The van der Waals surface area contributed by atoms with E-state index in [0.717, 1.165) is 27.9 Å². The lowest BCUT2D eigenvalue weighted by molar-refractivity contribution is 0.101. The maximum absolute atomic E-state index is 12.7. The number of aromatic amines is 1. The smallest absolute Gasteiger partial charge is 0.273 e. The Morgan fingerprint density at radius 2 is 1.83 bits per heavy atom. The van der Waals surface area contributed by atoms with Crippen LogP contribution in [0.5, 0.6) is 11.5 Å². The molecule has 5 rings (SSSR count). The third-order valence-electron chi connectivity index (χ3n) is 5.56. The number of aromatic nitrogens is 4. The first-order valence-corrected chi connectivity index (χ1v) is 11.4. The summed E-state index contributed by atoms with van der Waals surface area (Å²) in [6.07, 6.45) is 4.03. The summed E-state index contributed by atoms with van der Waals surface area (Å²) in [5, 5.41) is 15.8. The molecular weight excluding hydrogens is 438 g/mol. The number of H-pyrrole nitrogens is 1. The SMILES string of the molecule is CCn1nc(C)cc1C(=O)Nc1cccc(Oc2ccc3c(/C=C/c4ccccc4)n[nH]c3c2)c1. The molecule has 174 valence electrons. The second-order valence-corrected chi connectivity index (χ2v) is 8.13. The van der Waals surface area contributed by atoms with E-state index in [-0.39, 0.29) is 5.91 Å². The van der Waals surface area contributed by atoms with Crippen molar-refractivity contribution in [2.45, 2.75) is 20.4 Å². The molecule has 0 unspecified atom stereocenters. The zero-order valence-electron chi connectivity index (χ0n) is 19.5. The van der Waals surface area contributed by atoms with Gasteiger partial charge < -0.3 is 10.1 Å². The topological polar surface area (TPSA) is 84.8 Å². The Bertz CT molecular complexity index is 1520. The van der Waals surface area contributed by atoms with Crippen LogP contribution in [0.2, 0.25) is 0 Å². The summed E-state index contributed by atoms with van der Waals surface area (Å²) in [6, 6.07) is 25.0. The predicted octanol–water partition coefficient (Wildman–Crippen LogP) is 6.30. The molecular formula is C28H25N5O2. The van der Waals surface area contributed by atoms with E-state index in [0.29, 0.717) is 29.4 Å². The summed E-state index contributed by atoms with van der Waals surface area (Å²) in [5.41, 5.74) is 4.83. The summed E-state index contributed by atoms with van der Waals surface area (Å²) < 4.78 is 7.76. The van der Waals surface area contributed by atoms with E-state index >= 15 is 0 Å². The lowest BCUT2D eigenvalue weighted by atomic mass is 10.1. The van der Waals surface area contributed by atoms with Crippen LogP contribution in [0.4, 0.5) is 5.69 Å². The number of amides is 1. The summed E-state index contributed by atoms with van der Waals surface area (Å²) in [6.45, 7) is 4.45. The van der Waals surface area contributed by atoms with Gasteiger partial charge in [-0.3, -0.25) is 14.6 Å². The monoisotopic (exact) mass is 463 g/mol. The van der Waals surface area contributed by atoms with E-state index in [1.165, 1.54) is 0 Å². The molecule has 7 heteroatoms. The van der Waals surface area contributed by atoms with Gasteiger partial charge in [-0.1, -0.05) is 42.5 Å². The van der Waals surface area contributed by atoms with Crippen molar-refractivity contribution in [2.75, 3.05) is 5.32 Å². The van der Waals surface area contributed by atoms with Gasteiger partial charge in [0, 0.05) is 29.8 Å². The second-order valence-electron chi connectivity index (χ2n) is 8.13. The largest absolute Gasteiger partial charge is 0.457 e. The maximum atomic E-state index is 12.7. The Labute approximate surface area is 203 Å². The Morgan fingerprint density at radius 1 is 1.00 bits per heavy atom. The minimum Gasteiger partial charge on any atom is -0.457 e. The zero-order chi connectivity index (χ0) is 24.2. The van der Waals surface area contributed by atoms with Gasteiger partial charge >= 0.3 is 0 Å². The van der Waals surface area contributed by atoms with Crippen LogP contribution in [0, 0.1) is 6.92 Å². The van der Waals surface area contributed by atoms with Crippen LogP contribution in [0.25, 0.3) is 23.1 Å². The van der Waals surface area contributed by atoms with Crippen LogP contribution in [-0.4, -0.2) is 25.9 Å². The van der Waals surface area contributed by atoms with Crippen molar-refractivity contribution in [1.29, 1.82) is 0 Å². The predicted molar refractivity (Wildman–Crippen MR) is 139 cm³/mol. The number of hydrogen-bond acceptors (Lipinski definition) is 4. The first kappa shape index (κ1) is 22.2. The Balaban J connectivity index is 1.31. The number of fused-ring (bicyclic) bond motifs is 1. The lowest BCUT2D eigenvalue weighted by Crippen LogP contribution is -2.17. The Hall–Kier alpha value is -4.65. The van der Waals surface area contributed by atoms with Gasteiger partial charge in [0.15, 0.2) is 0 Å². The molecule has 2 N–H and O–H groups in total. The van der Waals surface area contributed by atoms with Crippen LogP contribution in [0.3, 0.4) is 0 Å². The molecule has 0 spiro atoms. The highest BCUT2D eigenvalue weighted by Gasteiger charge is 2.14. The fourth-order valence-corrected chi connectivity index (χ4v) is 3.89. The number of nitrogens with zero attached hydrogens (tertiary/aromatic N) is 3. The summed E-state index contributed by atoms with van der Waals surface area (Å²) in [7, 11) is 0. The normalized spacial score (nSPS) is 11.3. The fourth-order valence-electron chi connectivity index (χ4n) is 3.89. The van der Waals surface area contributed by atoms with Gasteiger partial charge in [0.05, 0.1) is 16.9 Å². The summed E-state index contributed by atoms with van der Waals surface area (Å²) in [5.74, 6) is 1.08. The molecule has 3 aromatic carbocycles. The molecule has 7 nitrogen and oxygen atoms in total. The van der Waals surface area contributed by atoms with Crippen molar-refractivity contribution >= 4 is 34.6 Å². The van der Waals surface area contributed by atoms with Crippen molar-refractivity contribution < 1.29 is 9.53 Å².